The SMILES string of the molecule is O=C(NC1(c2ccc(F)cc2)CCC1)c1cc(S(=O)(=O)N2CCOCC2)ccc1F. The third-order valence-corrected chi connectivity index (χ3v) is 7.64. The van der Waals surface area contributed by atoms with Gasteiger partial charge in [-0.15, -0.1) is 0 Å². The highest BCUT2D eigenvalue weighted by atomic mass is 32.2. The van der Waals surface area contributed by atoms with E-state index < -0.39 is 27.3 Å². The highest BCUT2D eigenvalue weighted by molar-refractivity contribution is 7.89. The van der Waals surface area contributed by atoms with Crippen LogP contribution in [-0.2, 0) is 20.3 Å². The van der Waals surface area contributed by atoms with Crippen LogP contribution in [0.4, 0.5) is 8.78 Å². The topological polar surface area (TPSA) is 75.7 Å². The van der Waals surface area contributed by atoms with Gasteiger partial charge in [-0.2, -0.15) is 4.31 Å². The second kappa shape index (κ2) is 8.05. The van der Waals surface area contributed by atoms with E-state index >= 15 is 0 Å². The molecule has 6 nitrogen and oxygen atoms in total. The van der Waals surface area contributed by atoms with Crippen molar-refractivity contribution in [2.75, 3.05) is 26.3 Å². The van der Waals surface area contributed by atoms with Gasteiger partial charge in [0, 0.05) is 13.1 Å². The van der Waals surface area contributed by atoms with Crippen LogP contribution in [0.2, 0.25) is 0 Å². The van der Waals surface area contributed by atoms with Gasteiger partial charge in [0.05, 0.1) is 29.2 Å². The van der Waals surface area contributed by atoms with E-state index in [1.165, 1.54) is 16.4 Å². The van der Waals surface area contributed by atoms with Gasteiger partial charge >= 0.3 is 0 Å². The van der Waals surface area contributed by atoms with Crippen LogP contribution in [-0.4, -0.2) is 44.9 Å². The van der Waals surface area contributed by atoms with E-state index in [1.54, 1.807) is 12.1 Å². The Balaban J connectivity index is 1.61. The first-order valence-corrected chi connectivity index (χ1v) is 11.2. The Hall–Kier alpha value is -2.36. The molecular formula is C21H22F2N2O4S. The predicted octanol–water partition coefficient (Wildman–Crippen LogP) is 2.79. The summed E-state index contributed by atoms with van der Waals surface area (Å²) in [6, 6.07) is 9.07. The van der Waals surface area contributed by atoms with Crippen LogP contribution in [0.3, 0.4) is 0 Å². The Labute approximate surface area is 173 Å². The lowest BCUT2D eigenvalue weighted by Crippen LogP contribution is -2.51. The third kappa shape index (κ3) is 3.84. The minimum Gasteiger partial charge on any atom is -0.379 e. The zero-order valence-corrected chi connectivity index (χ0v) is 17.1. The van der Waals surface area contributed by atoms with E-state index in [2.05, 4.69) is 5.32 Å². The van der Waals surface area contributed by atoms with Gasteiger partial charge in [0.1, 0.15) is 11.6 Å². The first-order chi connectivity index (χ1) is 14.3. The maximum atomic E-state index is 14.5. The molecule has 0 radical (unpaired) electrons. The maximum Gasteiger partial charge on any atom is 0.254 e. The molecule has 0 bridgehead atoms. The van der Waals surface area contributed by atoms with Gasteiger partial charge in [-0.1, -0.05) is 12.1 Å². The lowest BCUT2D eigenvalue weighted by Gasteiger charge is -2.43. The number of amides is 1. The molecule has 4 rings (SSSR count). The molecule has 1 amide bonds. The van der Waals surface area contributed by atoms with Crippen molar-refractivity contribution in [3.63, 3.8) is 0 Å². The number of carbonyl (C=O) groups excluding carboxylic acids is 1. The average Bonchev–Trinajstić information content (AvgIpc) is 2.72. The van der Waals surface area contributed by atoms with Crippen LogP contribution in [0.1, 0.15) is 35.2 Å². The molecule has 30 heavy (non-hydrogen) atoms. The van der Waals surface area contributed by atoms with E-state index in [-0.39, 0.29) is 42.6 Å². The van der Waals surface area contributed by atoms with E-state index in [4.69, 9.17) is 4.74 Å². The molecule has 1 saturated heterocycles. The lowest BCUT2D eigenvalue weighted by molar-refractivity contribution is 0.0730. The van der Waals surface area contributed by atoms with Crippen molar-refractivity contribution >= 4 is 15.9 Å². The van der Waals surface area contributed by atoms with Crippen molar-refractivity contribution < 1.29 is 26.7 Å². The number of hydrogen-bond donors (Lipinski definition) is 1. The average molecular weight is 436 g/mol. The van der Waals surface area contributed by atoms with Crippen molar-refractivity contribution in [2.24, 2.45) is 0 Å². The molecule has 0 aromatic heterocycles. The summed E-state index contributed by atoms with van der Waals surface area (Å²) in [5.74, 6) is -1.89. The Bertz CT molecular complexity index is 1050. The summed E-state index contributed by atoms with van der Waals surface area (Å²) in [5, 5.41) is 2.85. The van der Waals surface area contributed by atoms with Gasteiger partial charge in [0.15, 0.2) is 0 Å². The molecule has 9 heteroatoms. The number of ether oxygens (including phenoxy) is 1. The molecule has 1 aliphatic heterocycles. The number of benzene rings is 2. The van der Waals surface area contributed by atoms with Gasteiger partial charge in [-0.05, 0) is 55.2 Å². The third-order valence-electron chi connectivity index (χ3n) is 5.75. The predicted molar refractivity (Wildman–Crippen MR) is 105 cm³/mol. The van der Waals surface area contributed by atoms with Gasteiger partial charge < -0.3 is 10.1 Å². The second-order valence-corrected chi connectivity index (χ2v) is 9.49. The van der Waals surface area contributed by atoms with Crippen molar-refractivity contribution in [3.8, 4) is 0 Å². The maximum absolute atomic E-state index is 14.5. The highest BCUT2D eigenvalue weighted by Crippen LogP contribution is 2.41. The van der Waals surface area contributed by atoms with Crippen molar-refractivity contribution in [1.82, 2.24) is 9.62 Å². The number of carbonyl (C=O) groups is 1. The number of hydrogen-bond acceptors (Lipinski definition) is 4. The Morgan fingerprint density at radius 2 is 1.70 bits per heavy atom. The highest BCUT2D eigenvalue weighted by Gasteiger charge is 2.40. The number of rotatable bonds is 5. The molecule has 0 spiro atoms. The number of nitrogens with one attached hydrogen (secondary N) is 1. The van der Waals surface area contributed by atoms with Crippen molar-refractivity contribution in [3.05, 3.63) is 65.2 Å². The number of sulfonamides is 1. The molecule has 2 aromatic carbocycles. The van der Waals surface area contributed by atoms with Gasteiger partial charge in [-0.25, -0.2) is 17.2 Å². The molecule has 2 aromatic rings. The molecule has 1 aliphatic carbocycles. The minimum absolute atomic E-state index is 0.139. The van der Waals surface area contributed by atoms with E-state index in [9.17, 15) is 22.0 Å². The van der Waals surface area contributed by atoms with E-state index in [1.807, 2.05) is 0 Å². The molecule has 2 fully saturated rings. The molecule has 0 atom stereocenters. The summed E-state index contributed by atoms with van der Waals surface area (Å²) in [6.07, 6.45) is 2.14. The molecule has 160 valence electrons. The summed E-state index contributed by atoms with van der Waals surface area (Å²) in [7, 11) is -3.86. The van der Waals surface area contributed by atoms with Crippen LogP contribution >= 0.6 is 0 Å². The van der Waals surface area contributed by atoms with E-state index in [0.29, 0.717) is 12.8 Å². The minimum atomic E-state index is -3.86. The Morgan fingerprint density at radius 3 is 2.30 bits per heavy atom. The van der Waals surface area contributed by atoms with Crippen LogP contribution in [0.15, 0.2) is 47.4 Å². The fraction of sp³-hybridized carbons (Fsp3) is 0.381. The molecule has 2 aliphatic rings. The van der Waals surface area contributed by atoms with Crippen LogP contribution in [0.25, 0.3) is 0 Å². The smallest absolute Gasteiger partial charge is 0.254 e. The normalized spacial score (nSPS) is 19.1. The second-order valence-electron chi connectivity index (χ2n) is 7.55. The molecule has 1 N–H and O–H groups in total. The standard InChI is InChI=1S/C21H22F2N2O4S/c22-16-4-2-15(3-5-16)21(8-1-9-21)24-20(26)18-14-17(6-7-19(18)23)30(27,28)25-10-12-29-13-11-25/h2-7,14H,1,8-13H2,(H,24,26). The summed E-state index contributed by atoms with van der Waals surface area (Å²) < 4.78 is 59.9. The summed E-state index contributed by atoms with van der Waals surface area (Å²) in [5.41, 5.74) is -0.310. The summed E-state index contributed by atoms with van der Waals surface area (Å²) >= 11 is 0. The molecule has 1 saturated carbocycles. The van der Waals surface area contributed by atoms with Gasteiger partial charge in [0.25, 0.3) is 5.91 Å². The first kappa shape index (κ1) is 20.9. The van der Waals surface area contributed by atoms with E-state index in [0.717, 1.165) is 30.2 Å². The van der Waals surface area contributed by atoms with Crippen LogP contribution in [0.5, 0.6) is 0 Å². The fourth-order valence-corrected chi connectivity index (χ4v) is 5.28. The largest absolute Gasteiger partial charge is 0.379 e. The lowest BCUT2D eigenvalue weighted by atomic mass is 9.71. The monoisotopic (exact) mass is 436 g/mol. The molecule has 0 unspecified atom stereocenters. The number of nitrogens with zero attached hydrogens (tertiary/aromatic N) is 1. The number of morpholine rings is 1. The summed E-state index contributed by atoms with van der Waals surface area (Å²) in [6.45, 7) is 0.978. The van der Waals surface area contributed by atoms with Crippen molar-refractivity contribution in [2.45, 2.75) is 29.7 Å². The van der Waals surface area contributed by atoms with Crippen molar-refractivity contribution in [1.29, 1.82) is 0 Å². The zero-order chi connectivity index (χ0) is 21.4. The Morgan fingerprint density at radius 1 is 1.03 bits per heavy atom. The van der Waals surface area contributed by atoms with Crippen LogP contribution in [0, 0.1) is 11.6 Å². The quantitative estimate of drug-likeness (QED) is 0.782. The fourth-order valence-electron chi connectivity index (χ4n) is 3.84. The Kier molecular flexibility index (Phi) is 5.61. The summed E-state index contributed by atoms with van der Waals surface area (Å²) in [4.78, 5) is 12.8. The zero-order valence-electron chi connectivity index (χ0n) is 16.2. The van der Waals surface area contributed by atoms with Gasteiger partial charge in [0.2, 0.25) is 10.0 Å². The van der Waals surface area contributed by atoms with Crippen LogP contribution < -0.4 is 5.32 Å². The number of halogens is 2. The van der Waals surface area contributed by atoms with Gasteiger partial charge in [-0.3, -0.25) is 4.79 Å². The first-order valence-electron chi connectivity index (χ1n) is 9.78. The molecule has 1 heterocycles. The molecular weight excluding hydrogens is 414 g/mol.